The van der Waals surface area contributed by atoms with E-state index in [0.29, 0.717) is 37.8 Å². The van der Waals surface area contributed by atoms with Crippen molar-refractivity contribution in [2.24, 2.45) is 24.8 Å². The molecule has 3 aliphatic rings. The quantitative estimate of drug-likeness (QED) is 0.317. The van der Waals surface area contributed by atoms with Gasteiger partial charge in [-0.05, 0) is 55.0 Å². The number of carbonyl (C=O) groups is 3. The molecule has 1 aromatic heterocycles. The van der Waals surface area contributed by atoms with Crippen molar-refractivity contribution in [2.75, 3.05) is 31.5 Å². The Hall–Kier alpha value is -4.17. The lowest BCUT2D eigenvalue weighted by molar-refractivity contribution is -0.126. The summed E-state index contributed by atoms with van der Waals surface area (Å²) in [6.45, 7) is -0.615. The molecule has 3 amide bonds. The topological polar surface area (TPSA) is 118 Å². The number of imidazole rings is 1. The van der Waals surface area contributed by atoms with Gasteiger partial charge >= 0.3 is 6.61 Å². The molecular formula is C30H29ClF4N6O4. The first-order valence-electron chi connectivity index (χ1n) is 14.4. The number of rotatable bonds is 8. The summed E-state index contributed by atoms with van der Waals surface area (Å²) >= 11 is 6.43. The molecule has 3 aromatic rings. The van der Waals surface area contributed by atoms with Crippen LogP contribution in [0.1, 0.15) is 33.8 Å². The number of piperidine rings is 2. The summed E-state index contributed by atoms with van der Waals surface area (Å²) in [6, 6.07) is 6.56. The Balaban J connectivity index is 1.06. The number of ether oxygens (including phenoxy) is 1. The zero-order valence-corrected chi connectivity index (χ0v) is 24.7. The average Bonchev–Trinajstić information content (AvgIpc) is 3.31. The number of hydrogen-bond donors (Lipinski definition) is 3. The predicted molar refractivity (Wildman–Crippen MR) is 155 cm³/mol. The fourth-order valence-corrected chi connectivity index (χ4v) is 6.43. The maximum absolute atomic E-state index is 14.7. The van der Waals surface area contributed by atoms with E-state index in [1.807, 2.05) is 0 Å². The second-order valence-corrected chi connectivity index (χ2v) is 11.8. The van der Waals surface area contributed by atoms with Crippen molar-refractivity contribution >= 4 is 35.0 Å². The van der Waals surface area contributed by atoms with Gasteiger partial charge in [0.05, 0.1) is 22.5 Å². The number of amides is 3. The van der Waals surface area contributed by atoms with Crippen molar-refractivity contribution in [1.29, 1.82) is 0 Å². The van der Waals surface area contributed by atoms with Gasteiger partial charge in [0.25, 0.3) is 11.8 Å². The van der Waals surface area contributed by atoms with Gasteiger partial charge in [0, 0.05) is 56.4 Å². The molecule has 1 saturated carbocycles. The monoisotopic (exact) mass is 648 g/mol. The minimum atomic E-state index is -3.33. The molecule has 3 atom stereocenters. The highest BCUT2D eigenvalue weighted by molar-refractivity contribution is 6.34. The zero-order valence-electron chi connectivity index (χ0n) is 24.0. The Morgan fingerprint density at radius 2 is 1.78 bits per heavy atom. The minimum Gasteiger partial charge on any atom is -0.432 e. The van der Waals surface area contributed by atoms with Crippen molar-refractivity contribution in [3.05, 3.63) is 64.6 Å². The first-order valence-corrected chi connectivity index (χ1v) is 14.8. The van der Waals surface area contributed by atoms with Crippen LogP contribution in [0.25, 0.3) is 11.3 Å². The van der Waals surface area contributed by atoms with Crippen LogP contribution in [0.15, 0.2) is 36.5 Å². The second kappa shape index (κ2) is 12.3. The summed E-state index contributed by atoms with van der Waals surface area (Å²) in [5.41, 5.74) is 0.188. The molecule has 6 rings (SSSR count). The van der Waals surface area contributed by atoms with Crippen LogP contribution in [-0.4, -0.2) is 71.0 Å². The van der Waals surface area contributed by atoms with E-state index >= 15 is 0 Å². The summed E-state index contributed by atoms with van der Waals surface area (Å²) < 4.78 is 59.0. The SMILES string of the molecule is Cn1c(-c2ccc(OC(F)F)c(F)c2F)cnc1C(=O)Nc1ccc(C(=O)N2CCC(C(=O)NC3[C@H]4CNC[C@@H]34)CC2)c(Cl)c1. The largest absolute Gasteiger partial charge is 0.432 e. The number of benzene rings is 2. The van der Waals surface area contributed by atoms with Crippen LogP contribution >= 0.6 is 11.6 Å². The number of carbonyl (C=O) groups excluding carboxylic acids is 3. The van der Waals surface area contributed by atoms with Crippen LogP contribution in [0.4, 0.5) is 23.2 Å². The number of aromatic nitrogens is 2. The van der Waals surface area contributed by atoms with Crippen LogP contribution in [-0.2, 0) is 11.8 Å². The summed E-state index contributed by atoms with van der Waals surface area (Å²) in [5, 5.41) is 9.19. The van der Waals surface area contributed by atoms with Gasteiger partial charge in [0.1, 0.15) is 0 Å². The van der Waals surface area contributed by atoms with Crippen LogP contribution in [0.3, 0.4) is 0 Å². The van der Waals surface area contributed by atoms with Crippen molar-refractivity contribution in [1.82, 2.24) is 25.1 Å². The number of halogens is 5. The second-order valence-electron chi connectivity index (χ2n) is 11.4. The molecule has 10 nitrogen and oxygen atoms in total. The molecule has 2 saturated heterocycles. The summed E-state index contributed by atoms with van der Waals surface area (Å²) in [5.74, 6) is -4.18. The molecule has 0 spiro atoms. The Morgan fingerprint density at radius 3 is 2.44 bits per heavy atom. The predicted octanol–water partition coefficient (Wildman–Crippen LogP) is 4.06. The van der Waals surface area contributed by atoms with E-state index in [1.54, 1.807) is 4.90 Å². The van der Waals surface area contributed by atoms with E-state index in [0.717, 1.165) is 31.4 Å². The van der Waals surface area contributed by atoms with Gasteiger partial charge < -0.3 is 30.2 Å². The van der Waals surface area contributed by atoms with Gasteiger partial charge in [-0.25, -0.2) is 9.37 Å². The Morgan fingerprint density at radius 1 is 1.07 bits per heavy atom. The number of hydrogen-bond acceptors (Lipinski definition) is 6. The standard InChI is InChI=1S/C30H29ClF4N6O4/c1-40-21(17-4-5-22(45-30(34)35)24(33)23(17)32)13-37-26(40)28(43)38-15-2-3-16(20(31)10-15)29(44)41-8-6-14(7-9-41)27(42)39-25-18-11-36-12-19(18)25/h2-5,10,13-14,18-19,25,30,36H,6-9,11-12H2,1H3,(H,38,43)(H,39,42)/t18-,19+,25?. The van der Waals surface area contributed by atoms with Crippen molar-refractivity contribution in [3.8, 4) is 17.0 Å². The van der Waals surface area contributed by atoms with Crippen molar-refractivity contribution < 1.29 is 36.7 Å². The molecular weight excluding hydrogens is 620 g/mol. The number of nitrogens with one attached hydrogen (secondary N) is 3. The fourth-order valence-electron chi connectivity index (χ4n) is 6.17. The van der Waals surface area contributed by atoms with Crippen molar-refractivity contribution in [3.63, 3.8) is 0 Å². The normalized spacial score (nSPS) is 21.0. The van der Waals surface area contributed by atoms with E-state index in [4.69, 9.17) is 11.6 Å². The van der Waals surface area contributed by atoms with E-state index in [9.17, 15) is 31.9 Å². The first kappa shape index (κ1) is 30.8. The molecule has 238 valence electrons. The fraction of sp³-hybridized carbons (Fsp3) is 0.400. The summed E-state index contributed by atoms with van der Waals surface area (Å²) in [7, 11) is 1.40. The highest BCUT2D eigenvalue weighted by Crippen LogP contribution is 2.42. The number of anilines is 1. The van der Waals surface area contributed by atoms with Crippen molar-refractivity contribution in [2.45, 2.75) is 25.5 Å². The molecule has 3 heterocycles. The molecule has 0 bridgehead atoms. The first-order chi connectivity index (χ1) is 21.5. The molecule has 1 aliphatic carbocycles. The molecule has 15 heteroatoms. The van der Waals surface area contributed by atoms with E-state index in [-0.39, 0.29) is 57.1 Å². The van der Waals surface area contributed by atoms with Crippen LogP contribution in [0, 0.1) is 29.4 Å². The minimum absolute atomic E-state index is 0.00720. The van der Waals surface area contributed by atoms with Gasteiger partial charge in [-0.3, -0.25) is 14.4 Å². The van der Waals surface area contributed by atoms with Gasteiger partial charge in [-0.1, -0.05) is 11.6 Å². The molecule has 2 aromatic carbocycles. The summed E-state index contributed by atoms with van der Waals surface area (Å²) in [6.07, 6.45) is 2.25. The van der Waals surface area contributed by atoms with Crippen LogP contribution in [0.5, 0.6) is 5.75 Å². The maximum Gasteiger partial charge on any atom is 0.387 e. The number of nitrogens with zero attached hydrogens (tertiary/aromatic N) is 3. The lowest BCUT2D eigenvalue weighted by atomic mass is 9.95. The van der Waals surface area contributed by atoms with E-state index < -0.39 is 29.9 Å². The molecule has 45 heavy (non-hydrogen) atoms. The molecule has 0 radical (unpaired) electrons. The van der Waals surface area contributed by atoms with E-state index in [2.05, 4.69) is 25.7 Å². The molecule has 3 fully saturated rings. The smallest absolute Gasteiger partial charge is 0.387 e. The number of likely N-dealkylation sites (tertiary alicyclic amines) is 1. The van der Waals surface area contributed by atoms with E-state index in [1.165, 1.54) is 29.8 Å². The van der Waals surface area contributed by atoms with Crippen LogP contribution in [0.2, 0.25) is 5.02 Å². The molecule has 1 unspecified atom stereocenters. The maximum atomic E-state index is 14.7. The number of alkyl halides is 2. The number of fused-ring (bicyclic) bond motifs is 1. The highest BCUT2D eigenvalue weighted by Gasteiger charge is 2.54. The Bertz CT molecular complexity index is 1650. The Labute approximate surface area is 260 Å². The van der Waals surface area contributed by atoms with Crippen LogP contribution < -0.4 is 20.7 Å². The lowest BCUT2D eigenvalue weighted by Gasteiger charge is -2.31. The van der Waals surface area contributed by atoms with Gasteiger partial charge in [-0.2, -0.15) is 13.2 Å². The lowest BCUT2D eigenvalue weighted by Crippen LogP contribution is -2.44. The zero-order chi connectivity index (χ0) is 32.0. The van der Waals surface area contributed by atoms with Gasteiger partial charge in [0.15, 0.2) is 17.4 Å². The summed E-state index contributed by atoms with van der Waals surface area (Å²) in [4.78, 5) is 44.6. The molecule has 2 aliphatic heterocycles. The third-order valence-corrected chi connectivity index (χ3v) is 9.05. The third kappa shape index (κ3) is 6.08. The van der Waals surface area contributed by atoms with Gasteiger partial charge in [0.2, 0.25) is 11.7 Å². The molecule has 3 N–H and O–H groups in total. The van der Waals surface area contributed by atoms with Gasteiger partial charge in [-0.15, -0.1) is 0 Å². The average molecular weight is 649 g/mol. The Kier molecular flexibility index (Phi) is 8.44. The third-order valence-electron chi connectivity index (χ3n) is 8.74. The highest BCUT2D eigenvalue weighted by atomic mass is 35.5.